The van der Waals surface area contributed by atoms with Crippen molar-refractivity contribution in [2.45, 2.75) is 78.1 Å². The van der Waals surface area contributed by atoms with Crippen LogP contribution in [0.25, 0.3) is 0 Å². The Kier molecular flexibility index (Phi) is 13.7. The molecule has 130 valence electrons. The third-order valence-electron chi connectivity index (χ3n) is 3.23. The van der Waals surface area contributed by atoms with Crippen LogP contribution in [-0.4, -0.2) is 29.4 Å². The normalized spacial score (nSPS) is 12.3. The fourth-order valence-electron chi connectivity index (χ4n) is 2.07. The number of rotatable bonds is 12. The van der Waals surface area contributed by atoms with E-state index in [-0.39, 0.29) is 13.5 Å². The molecule has 0 unspecified atom stereocenters. The van der Waals surface area contributed by atoms with Gasteiger partial charge < -0.3 is 8.85 Å². The monoisotopic (exact) mass is 332 g/mol. The van der Waals surface area contributed by atoms with Crippen molar-refractivity contribution in [1.29, 1.82) is 0 Å². The molecule has 0 atom stereocenters. The zero-order valence-electron chi connectivity index (χ0n) is 12.7. The Bertz CT molecular complexity index is 234. The van der Waals surface area contributed by atoms with Crippen LogP contribution in [0.1, 0.15) is 65.7 Å². The molecule has 0 radical (unpaired) electrons. The van der Waals surface area contributed by atoms with Gasteiger partial charge in [0.05, 0.1) is 0 Å². The van der Waals surface area contributed by atoms with Crippen LogP contribution in [0.2, 0.25) is 6.04 Å². The van der Waals surface area contributed by atoms with Gasteiger partial charge in [-0.3, -0.25) is 4.43 Å². The Morgan fingerprint density at radius 3 is 1.62 bits per heavy atom. The Morgan fingerprint density at radius 2 is 1.24 bits per heavy atom. The molecule has 0 amide bonds. The van der Waals surface area contributed by atoms with E-state index in [1.807, 2.05) is 0 Å². The van der Waals surface area contributed by atoms with Gasteiger partial charge in [0.1, 0.15) is 0 Å². The van der Waals surface area contributed by atoms with E-state index in [0.717, 1.165) is 19.3 Å². The van der Waals surface area contributed by atoms with Crippen LogP contribution in [0.4, 0.5) is 13.2 Å². The molecule has 0 saturated carbocycles. The highest BCUT2D eigenvalue weighted by atomic mass is 28.4. The molecule has 0 aliphatic heterocycles. The SMILES string of the molecule is C.CCCCCCCCCC[Si](OC)(OC)OC(F)(F)F. The summed E-state index contributed by atoms with van der Waals surface area (Å²) in [7, 11) is -1.16. The minimum atomic E-state index is -4.71. The smallest absolute Gasteiger partial charge is 0.377 e. The van der Waals surface area contributed by atoms with E-state index in [9.17, 15) is 13.2 Å². The topological polar surface area (TPSA) is 27.7 Å². The van der Waals surface area contributed by atoms with E-state index in [4.69, 9.17) is 8.85 Å². The predicted molar refractivity (Wildman–Crippen MR) is 81.1 cm³/mol. The standard InChI is InChI=1S/C13H27F3O3Si.CH4/c1-4-5-6-7-8-9-10-11-12-20(17-2,18-3)19-13(14,15)16;/h4-12H2,1-3H3;1H4. The van der Waals surface area contributed by atoms with Gasteiger partial charge in [-0.05, 0) is 6.42 Å². The van der Waals surface area contributed by atoms with Crippen LogP contribution in [0.15, 0.2) is 0 Å². The summed E-state index contributed by atoms with van der Waals surface area (Å²) in [4.78, 5) is 0. The van der Waals surface area contributed by atoms with E-state index in [1.54, 1.807) is 0 Å². The molecule has 0 N–H and O–H groups in total. The van der Waals surface area contributed by atoms with Gasteiger partial charge in [-0.2, -0.15) is 0 Å². The maximum atomic E-state index is 12.3. The molecule has 0 aliphatic rings. The highest BCUT2D eigenvalue weighted by molar-refractivity contribution is 6.60. The highest BCUT2D eigenvalue weighted by Gasteiger charge is 2.49. The number of halogens is 3. The minimum Gasteiger partial charge on any atom is -0.377 e. The molecule has 0 saturated heterocycles. The van der Waals surface area contributed by atoms with Gasteiger partial charge in [0.2, 0.25) is 0 Å². The first kappa shape index (κ1) is 23.2. The predicted octanol–water partition coefficient (Wildman–Crippen LogP) is 5.53. The number of unbranched alkanes of at least 4 members (excludes halogenated alkanes) is 7. The average molecular weight is 332 g/mol. The molecule has 0 aromatic heterocycles. The van der Waals surface area contributed by atoms with E-state index >= 15 is 0 Å². The molecule has 0 aromatic carbocycles. The van der Waals surface area contributed by atoms with Crippen molar-refractivity contribution in [2.24, 2.45) is 0 Å². The first-order chi connectivity index (χ1) is 9.39. The van der Waals surface area contributed by atoms with Gasteiger partial charge in [-0.15, -0.1) is 13.2 Å². The van der Waals surface area contributed by atoms with Crippen LogP contribution in [0.3, 0.4) is 0 Å². The van der Waals surface area contributed by atoms with Crippen molar-refractivity contribution in [2.75, 3.05) is 14.2 Å². The van der Waals surface area contributed by atoms with Crippen LogP contribution in [0, 0.1) is 0 Å². The molecular formula is C14H31F3O3Si. The lowest BCUT2D eigenvalue weighted by atomic mass is 10.1. The summed E-state index contributed by atoms with van der Waals surface area (Å²) in [5.41, 5.74) is 0. The lowest BCUT2D eigenvalue weighted by Gasteiger charge is -2.27. The second-order valence-corrected chi connectivity index (χ2v) is 7.75. The second-order valence-electron chi connectivity index (χ2n) is 4.86. The van der Waals surface area contributed by atoms with Crippen molar-refractivity contribution in [3.8, 4) is 0 Å². The van der Waals surface area contributed by atoms with Crippen molar-refractivity contribution >= 4 is 8.80 Å². The largest absolute Gasteiger partial charge is 0.516 e. The third-order valence-corrected chi connectivity index (χ3v) is 5.98. The average Bonchev–Trinajstić information content (AvgIpc) is 2.39. The second kappa shape index (κ2) is 12.4. The molecule has 21 heavy (non-hydrogen) atoms. The minimum absolute atomic E-state index is 0. The van der Waals surface area contributed by atoms with Gasteiger partial charge in [0, 0.05) is 20.3 Å². The van der Waals surface area contributed by atoms with Crippen molar-refractivity contribution in [3.05, 3.63) is 0 Å². The molecule has 3 nitrogen and oxygen atoms in total. The maximum absolute atomic E-state index is 12.3. The number of alkyl halides is 3. The van der Waals surface area contributed by atoms with E-state index in [2.05, 4.69) is 11.3 Å². The molecule has 0 spiro atoms. The van der Waals surface area contributed by atoms with Crippen molar-refractivity contribution in [1.82, 2.24) is 0 Å². The van der Waals surface area contributed by atoms with Gasteiger partial charge in [-0.25, -0.2) is 0 Å². The number of hydrogen-bond donors (Lipinski definition) is 0. The summed E-state index contributed by atoms with van der Waals surface area (Å²) in [6.07, 6.45) is 3.88. The van der Waals surface area contributed by atoms with Crippen LogP contribution in [-0.2, 0) is 13.3 Å². The third kappa shape index (κ3) is 12.1. The molecular weight excluding hydrogens is 301 g/mol. The van der Waals surface area contributed by atoms with Gasteiger partial charge in [-0.1, -0.05) is 59.3 Å². The fraction of sp³-hybridized carbons (Fsp3) is 1.00. The first-order valence-corrected chi connectivity index (χ1v) is 9.19. The molecule has 7 heteroatoms. The number of hydrogen-bond acceptors (Lipinski definition) is 3. The van der Waals surface area contributed by atoms with Gasteiger partial charge in [0.25, 0.3) is 0 Å². The molecule has 0 fully saturated rings. The van der Waals surface area contributed by atoms with Crippen LogP contribution >= 0.6 is 0 Å². The van der Waals surface area contributed by atoms with Crippen LogP contribution in [0.5, 0.6) is 0 Å². The zero-order valence-corrected chi connectivity index (χ0v) is 13.7. The Morgan fingerprint density at radius 1 is 0.810 bits per heavy atom. The van der Waals surface area contributed by atoms with Crippen LogP contribution < -0.4 is 0 Å². The summed E-state index contributed by atoms with van der Waals surface area (Å²) < 4.78 is 50.8. The maximum Gasteiger partial charge on any atom is 0.516 e. The Labute approximate surface area is 128 Å². The molecule has 0 heterocycles. The quantitative estimate of drug-likeness (QED) is 0.347. The van der Waals surface area contributed by atoms with Crippen molar-refractivity contribution < 1.29 is 26.4 Å². The Hall–Kier alpha value is -0.113. The lowest BCUT2D eigenvalue weighted by Crippen LogP contribution is -2.47. The van der Waals surface area contributed by atoms with E-state index in [0.29, 0.717) is 6.42 Å². The first-order valence-electron chi connectivity index (χ1n) is 7.26. The van der Waals surface area contributed by atoms with E-state index < -0.39 is 15.2 Å². The molecule has 0 bridgehead atoms. The summed E-state index contributed by atoms with van der Waals surface area (Å²) in [6, 6.07) is 0.203. The lowest BCUT2D eigenvalue weighted by molar-refractivity contribution is -0.296. The molecule has 0 aromatic rings. The molecule has 0 aliphatic carbocycles. The Balaban J connectivity index is 0. The summed E-state index contributed by atoms with van der Waals surface area (Å²) in [6.45, 7) is 2.17. The molecule has 0 rings (SSSR count). The summed E-state index contributed by atoms with van der Waals surface area (Å²) in [5.74, 6) is 0. The van der Waals surface area contributed by atoms with Gasteiger partial charge in [0.15, 0.2) is 0 Å². The highest BCUT2D eigenvalue weighted by Crippen LogP contribution is 2.28. The van der Waals surface area contributed by atoms with Gasteiger partial charge >= 0.3 is 15.2 Å². The fourth-order valence-corrected chi connectivity index (χ4v) is 3.95. The summed E-state index contributed by atoms with van der Waals surface area (Å²) >= 11 is 0. The van der Waals surface area contributed by atoms with E-state index in [1.165, 1.54) is 39.9 Å². The zero-order chi connectivity index (χ0) is 15.5. The summed E-state index contributed by atoms with van der Waals surface area (Å²) in [5, 5.41) is 0. The van der Waals surface area contributed by atoms with Crippen molar-refractivity contribution in [3.63, 3.8) is 0 Å².